The van der Waals surface area contributed by atoms with Crippen LogP contribution in [-0.4, -0.2) is 12.1 Å². The molecule has 102 valence electrons. The third-order valence-corrected chi connectivity index (χ3v) is 2.72. The van der Waals surface area contributed by atoms with Crippen molar-refractivity contribution in [2.45, 2.75) is 52.5 Å². The average Bonchev–Trinajstić information content (AvgIpc) is 2.29. The second-order valence-corrected chi connectivity index (χ2v) is 5.47. The van der Waals surface area contributed by atoms with Gasteiger partial charge < -0.3 is 5.73 Å². The van der Waals surface area contributed by atoms with E-state index in [-0.39, 0.29) is 5.54 Å². The lowest BCUT2D eigenvalue weighted by molar-refractivity contribution is 0.146. The number of rotatable bonds is 7. The first-order valence-corrected chi connectivity index (χ1v) is 6.74. The SMILES string of the molecule is CCCc1ccc(NOCC(C)(C)N)c(CC)c1. The average molecular weight is 250 g/mol. The van der Waals surface area contributed by atoms with Gasteiger partial charge in [0.1, 0.15) is 0 Å². The van der Waals surface area contributed by atoms with Crippen molar-refractivity contribution in [3.05, 3.63) is 29.3 Å². The lowest BCUT2D eigenvalue weighted by Crippen LogP contribution is -2.38. The van der Waals surface area contributed by atoms with E-state index in [1.807, 2.05) is 13.8 Å². The van der Waals surface area contributed by atoms with Crippen molar-refractivity contribution >= 4 is 5.69 Å². The van der Waals surface area contributed by atoms with Crippen molar-refractivity contribution in [2.24, 2.45) is 5.73 Å². The number of nitrogens with one attached hydrogen (secondary N) is 1. The van der Waals surface area contributed by atoms with Gasteiger partial charge in [-0.3, -0.25) is 10.3 Å². The Morgan fingerprint density at radius 2 is 2.00 bits per heavy atom. The van der Waals surface area contributed by atoms with Crippen molar-refractivity contribution in [2.75, 3.05) is 12.1 Å². The van der Waals surface area contributed by atoms with Gasteiger partial charge in [0, 0.05) is 5.54 Å². The van der Waals surface area contributed by atoms with E-state index in [0.29, 0.717) is 6.61 Å². The first-order chi connectivity index (χ1) is 8.46. The second-order valence-electron chi connectivity index (χ2n) is 5.47. The molecule has 18 heavy (non-hydrogen) atoms. The monoisotopic (exact) mass is 250 g/mol. The maximum absolute atomic E-state index is 5.87. The number of nitrogens with two attached hydrogens (primary N) is 1. The van der Waals surface area contributed by atoms with Gasteiger partial charge >= 0.3 is 0 Å². The summed E-state index contributed by atoms with van der Waals surface area (Å²) >= 11 is 0. The molecule has 0 bridgehead atoms. The molecule has 0 saturated heterocycles. The molecule has 0 saturated carbocycles. The van der Waals surface area contributed by atoms with Crippen LogP contribution in [-0.2, 0) is 17.7 Å². The summed E-state index contributed by atoms with van der Waals surface area (Å²) in [6.45, 7) is 8.72. The van der Waals surface area contributed by atoms with Crippen LogP contribution >= 0.6 is 0 Å². The first-order valence-electron chi connectivity index (χ1n) is 6.74. The van der Waals surface area contributed by atoms with Crippen LogP contribution in [0.25, 0.3) is 0 Å². The van der Waals surface area contributed by atoms with Crippen LogP contribution in [0.2, 0.25) is 0 Å². The van der Waals surface area contributed by atoms with Crippen LogP contribution in [0.5, 0.6) is 0 Å². The van der Waals surface area contributed by atoms with Gasteiger partial charge in [-0.25, -0.2) is 0 Å². The van der Waals surface area contributed by atoms with Crippen LogP contribution in [0, 0.1) is 0 Å². The molecule has 0 fully saturated rings. The minimum Gasteiger partial charge on any atom is -0.324 e. The Morgan fingerprint density at radius 3 is 2.56 bits per heavy atom. The summed E-state index contributed by atoms with van der Waals surface area (Å²) in [6.07, 6.45) is 3.30. The number of anilines is 1. The van der Waals surface area contributed by atoms with Crippen molar-refractivity contribution in [1.29, 1.82) is 0 Å². The Kier molecular flexibility index (Phi) is 5.63. The zero-order chi connectivity index (χ0) is 13.6. The second kappa shape index (κ2) is 6.76. The van der Waals surface area contributed by atoms with Crippen molar-refractivity contribution < 1.29 is 4.84 Å². The van der Waals surface area contributed by atoms with E-state index >= 15 is 0 Å². The predicted octanol–water partition coefficient (Wildman–Crippen LogP) is 3.28. The Bertz CT molecular complexity index is 369. The fourth-order valence-electron chi connectivity index (χ4n) is 1.78. The fraction of sp³-hybridized carbons (Fsp3) is 0.600. The summed E-state index contributed by atoms with van der Waals surface area (Å²) in [7, 11) is 0. The van der Waals surface area contributed by atoms with E-state index in [1.165, 1.54) is 17.5 Å². The molecule has 1 rings (SSSR count). The largest absolute Gasteiger partial charge is 0.324 e. The molecule has 0 unspecified atom stereocenters. The van der Waals surface area contributed by atoms with Crippen LogP contribution < -0.4 is 11.2 Å². The van der Waals surface area contributed by atoms with E-state index in [2.05, 4.69) is 37.5 Å². The Labute approximate surface area is 111 Å². The van der Waals surface area contributed by atoms with Gasteiger partial charge in [-0.05, 0) is 43.9 Å². The molecule has 1 aromatic carbocycles. The summed E-state index contributed by atoms with van der Waals surface area (Å²) in [5.74, 6) is 0. The molecule has 0 aliphatic carbocycles. The fourth-order valence-corrected chi connectivity index (χ4v) is 1.78. The molecule has 0 radical (unpaired) electrons. The standard InChI is InChI=1S/C15H26N2O/c1-5-7-12-8-9-14(13(6-2)10-12)17-18-11-15(3,4)16/h8-10,17H,5-7,11,16H2,1-4H3. The zero-order valence-electron chi connectivity index (χ0n) is 12.0. The molecular formula is C15H26N2O. The molecule has 1 aromatic rings. The topological polar surface area (TPSA) is 47.3 Å². The van der Waals surface area contributed by atoms with Gasteiger partial charge in [-0.1, -0.05) is 32.4 Å². The van der Waals surface area contributed by atoms with E-state index in [1.54, 1.807) is 0 Å². The molecule has 3 heteroatoms. The first kappa shape index (κ1) is 15.0. The van der Waals surface area contributed by atoms with Crippen molar-refractivity contribution in [1.82, 2.24) is 0 Å². The molecule has 3 N–H and O–H groups in total. The molecule has 0 aliphatic heterocycles. The Morgan fingerprint density at radius 1 is 1.28 bits per heavy atom. The predicted molar refractivity (Wildman–Crippen MR) is 77.7 cm³/mol. The minimum absolute atomic E-state index is 0.318. The van der Waals surface area contributed by atoms with Gasteiger partial charge in [0.2, 0.25) is 0 Å². The normalized spacial score (nSPS) is 11.6. The summed E-state index contributed by atoms with van der Waals surface area (Å²) in [5.41, 5.74) is 12.3. The summed E-state index contributed by atoms with van der Waals surface area (Å²) in [5, 5.41) is 0. The van der Waals surface area contributed by atoms with E-state index < -0.39 is 0 Å². The molecule has 0 aromatic heterocycles. The summed E-state index contributed by atoms with van der Waals surface area (Å²) < 4.78 is 0. The van der Waals surface area contributed by atoms with Gasteiger partial charge in [-0.2, -0.15) is 0 Å². The highest BCUT2D eigenvalue weighted by Gasteiger charge is 2.11. The van der Waals surface area contributed by atoms with Gasteiger partial charge in [0.15, 0.2) is 0 Å². The van der Waals surface area contributed by atoms with Gasteiger partial charge in [0.05, 0.1) is 12.3 Å². The quantitative estimate of drug-likeness (QED) is 0.730. The molecule has 0 aliphatic rings. The summed E-state index contributed by atoms with van der Waals surface area (Å²) in [4.78, 5) is 5.45. The third-order valence-electron chi connectivity index (χ3n) is 2.72. The van der Waals surface area contributed by atoms with Crippen LogP contribution in [0.15, 0.2) is 18.2 Å². The van der Waals surface area contributed by atoms with Gasteiger partial charge in [0.25, 0.3) is 0 Å². The highest BCUT2D eigenvalue weighted by atomic mass is 16.6. The Balaban J connectivity index is 2.65. The lowest BCUT2D eigenvalue weighted by Gasteiger charge is -2.19. The highest BCUT2D eigenvalue weighted by Crippen LogP contribution is 2.19. The number of aryl methyl sites for hydroxylation is 2. The Hall–Kier alpha value is -1.06. The van der Waals surface area contributed by atoms with Crippen LogP contribution in [0.3, 0.4) is 0 Å². The molecule has 3 nitrogen and oxygen atoms in total. The van der Waals surface area contributed by atoms with Crippen LogP contribution in [0.1, 0.15) is 45.2 Å². The lowest BCUT2D eigenvalue weighted by atomic mass is 10.0. The summed E-state index contributed by atoms with van der Waals surface area (Å²) in [6, 6.07) is 6.50. The van der Waals surface area contributed by atoms with Crippen molar-refractivity contribution in [3.8, 4) is 0 Å². The molecular weight excluding hydrogens is 224 g/mol. The zero-order valence-corrected chi connectivity index (χ0v) is 12.0. The molecule has 0 atom stereocenters. The van der Waals surface area contributed by atoms with Gasteiger partial charge in [-0.15, -0.1) is 0 Å². The van der Waals surface area contributed by atoms with Crippen molar-refractivity contribution in [3.63, 3.8) is 0 Å². The minimum atomic E-state index is -0.318. The van der Waals surface area contributed by atoms with E-state index in [9.17, 15) is 0 Å². The smallest absolute Gasteiger partial charge is 0.0920 e. The number of hydrogen-bond acceptors (Lipinski definition) is 3. The molecule has 0 heterocycles. The molecule has 0 amide bonds. The van der Waals surface area contributed by atoms with E-state index in [0.717, 1.165) is 18.5 Å². The van der Waals surface area contributed by atoms with E-state index in [4.69, 9.17) is 10.6 Å². The van der Waals surface area contributed by atoms with Crippen LogP contribution in [0.4, 0.5) is 5.69 Å². The number of hydrogen-bond donors (Lipinski definition) is 2. The number of benzene rings is 1. The maximum atomic E-state index is 5.87. The highest BCUT2D eigenvalue weighted by molar-refractivity contribution is 5.51. The maximum Gasteiger partial charge on any atom is 0.0920 e. The third kappa shape index (κ3) is 5.07. The molecule has 0 spiro atoms.